The number of piperidine rings is 1. The topological polar surface area (TPSA) is 64.6 Å². The number of carbonyl (C=O) groups is 1. The zero-order valence-corrected chi connectivity index (χ0v) is 15.6. The van der Waals surface area contributed by atoms with Crippen molar-refractivity contribution in [2.75, 3.05) is 26.2 Å². The third-order valence-corrected chi connectivity index (χ3v) is 5.73. The highest BCUT2D eigenvalue weighted by Crippen LogP contribution is 2.25. The summed E-state index contributed by atoms with van der Waals surface area (Å²) in [5, 5.41) is 15.6. The van der Waals surface area contributed by atoms with E-state index in [0.717, 1.165) is 44.7 Å². The fourth-order valence-corrected chi connectivity index (χ4v) is 4.22. The van der Waals surface area contributed by atoms with Gasteiger partial charge in [-0.25, -0.2) is 4.79 Å². The van der Waals surface area contributed by atoms with Crippen LogP contribution in [0.15, 0.2) is 0 Å². The average molecular weight is 340 g/mol. The summed E-state index contributed by atoms with van der Waals surface area (Å²) in [6.45, 7) is 7.38. The largest absolute Gasteiger partial charge is 0.394 e. The molecule has 1 aliphatic carbocycles. The van der Waals surface area contributed by atoms with Crippen molar-refractivity contribution in [1.29, 1.82) is 0 Å². The quantitative estimate of drug-likeness (QED) is 0.668. The molecule has 3 N–H and O–H groups in total. The molecule has 24 heavy (non-hydrogen) atoms. The first-order valence-electron chi connectivity index (χ1n) is 9.96. The molecule has 2 fully saturated rings. The predicted molar refractivity (Wildman–Crippen MR) is 98.1 cm³/mol. The molecule has 2 amide bonds. The van der Waals surface area contributed by atoms with Gasteiger partial charge < -0.3 is 20.6 Å². The van der Waals surface area contributed by atoms with Crippen molar-refractivity contribution < 1.29 is 9.90 Å². The van der Waals surface area contributed by atoms with E-state index in [2.05, 4.69) is 22.5 Å². The molecule has 1 heterocycles. The Bertz CT molecular complexity index is 377. The number of aliphatic hydroxyl groups excluding tert-OH is 1. The minimum absolute atomic E-state index is 0.0197. The van der Waals surface area contributed by atoms with E-state index in [-0.39, 0.29) is 18.7 Å². The Morgan fingerprint density at radius 3 is 2.42 bits per heavy atom. The molecule has 140 valence electrons. The third kappa shape index (κ3) is 6.25. The second kappa shape index (κ2) is 9.62. The van der Waals surface area contributed by atoms with Gasteiger partial charge in [-0.1, -0.05) is 32.6 Å². The van der Waals surface area contributed by atoms with Crippen LogP contribution in [0.4, 0.5) is 4.79 Å². The second-order valence-electron chi connectivity index (χ2n) is 8.15. The molecule has 1 aliphatic heterocycles. The number of hydrogen-bond donors (Lipinski definition) is 3. The van der Waals surface area contributed by atoms with Crippen molar-refractivity contribution in [2.24, 2.45) is 5.92 Å². The third-order valence-electron chi connectivity index (χ3n) is 5.73. The lowest BCUT2D eigenvalue weighted by atomic mass is 9.88. The lowest BCUT2D eigenvalue weighted by Crippen LogP contribution is -2.55. The Hall–Kier alpha value is -0.810. The van der Waals surface area contributed by atoms with E-state index >= 15 is 0 Å². The van der Waals surface area contributed by atoms with Gasteiger partial charge in [-0.2, -0.15) is 0 Å². The van der Waals surface area contributed by atoms with E-state index in [1.807, 2.05) is 6.92 Å². The minimum atomic E-state index is -0.513. The first kappa shape index (κ1) is 19.5. The zero-order chi connectivity index (χ0) is 17.4. The van der Waals surface area contributed by atoms with E-state index in [1.165, 1.54) is 38.6 Å². The summed E-state index contributed by atoms with van der Waals surface area (Å²) in [6.07, 6.45) is 10.8. The van der Waals surface area contributed by atoms with Crippen molar-refractivity contribution in [3.63, 3.8) is 0 Å². The zero-order valence-electron chi connectivity index (χ0n) is 15.6. The first-order valence-corrected chi connectivity index (χ1v) is 9.96. The smallest absolute Gasteiger partial charge is 0.315 e. The van der Waals surface area contributed by atoms with Crippen LogP contribution in [-0.2, 0) is 0 Å². The van der Waals surface area contributed by atoms with Crippen molar-refractivity contribution in [3.05, 3.63) is 0 Å². The first-order chi connectivity index (χ1) is 11.5. The summed E-state index contributed by atoms with van der Waals surface area (Å²) in [6, 6.07) is 0.128. The molecule has 5 heteroatoms. The fourth-order valence-electron chi connectivity index (χ4n) is 4.22. The number of rotatable bonds is 7. The molecule has 0 aromatic heterocycles. The average Bonchev–Trinajstić information content (AvgIpc) is 2.57. The molecule has 1 saturated heterocycles. The predicted octanol–water partition coefficient (Wildman–Crippen LogP) is 2.88. The van der Waals surface area contributed by atoms with Gasteiger partial charge in [0.25, 0.3) is 0 Å². The SMILES string of the molecule is CCCC(C)(CO)NC(=O)NC1CCN(CC2CCCCC2)CC1. The number of hydrogen-bond acceptors (Lipinski definition) is 3. The van der Waals surface area contributed by atoms with Gasteiger partial charge in [0.2, 0.25) is 0 Å². The van der Waals surface area contributed by atoms with Gasteiger partial charge in [-0.15, -0.1) is 0 Å². The molecule has 0 aromatic rings. The maximum atomic E-state index is 12.2. The summed E-state index contributed by atoms with van der Waals surface area (Å²) in [5.41, 5.74) is -0.513. The van der Waals surface area contributed by atoms with Crippen LogP contribution in [0.2, 0.25) is 0 Å². The van der Waals surface area contributed by atoms with E-state index < -0.39 is 5.54 Å². The van der Waals surface area contributed by atoms with Gasteiger partial charge in [0.05, 0.1) is 12.1 Å². The standard InChI is InChI=1S/C19H37N3O2/c1-3-11-19(2,15-23)21-18(24)20-17-9-12-22(13-10-17)14-16-7-5-4-6-8-16/h16-17,23H,3-15H2,1-2H3,(H2,20,21,24). The maximum Gasteiger partial charge on any atom is 0.315 e. The highest BCUT2D eigenvalue weighted by atomic mass is 16.3. The lowest BCUT2D eigenvalue weighted by Gasteiger charge is -2.36. The van der Waals surface area contributed by atoms with Crippen LogP contribution in [0.3, 0.4) is 0 Å². The number of likely N-dealkylation sites (tertiary alicyclic amines) is 1. The molecule has 0 bridgehead atoms. The van der Waals surface area contributed by atoms with Crippen LogP contribution in [0.5, 0.6) is 0 Å². The molecule has 1 saturated carbocycles. The normalized spacial score (nSPS) is 23.6. The highest BCUT2D eigenvalue weighted by molar-refractivity contribution is 5.75. The maximum absolute atomic E-state index is 12.2. The monoisotopic (exact) mass is 339 g/mol. The number of nitrogens with one attached hydrogen (secondary N) is 2. The molecular weight excluding hydrogens is 302 g/mol. The van der Waals surface area contributed by atoms with Crippen LogP contribution in [0.25, 0.3) is 0 Å². The number of aliphatic hydroxyl groups is 1. The second-order valence-corrected chi connectivity index (χ2v) is 8.15. The molecule has 0 radical (unpaired) electrons. The summed E-state index contributed by atoms with van der Waals surface area (Å²) in [5.74, 6) is 0.894. The molecule has 1 atom stereocenters. The van der Waals surface area contributed by atoms with Gasteiger partial charge in [-0.3, -0.25) is 0 Å². The van der Waals surface area contributed by atoms with Gasteiger partial charge >= 0.3 is 6.03 Å². The molecule has 0 spiro atoms. The highest BCUT2D eigenvalue weighted by Gasteiger charge is 2.27. The molecule has 0 aromatic carbocycles. The van der Waals surface area contributed by atoms with Crippen molar-refractivity contribution >= 4 is 6.03 Å². The van der Waals surface area contributed by atoms with Crippen molar-refractivity contribution in [3.8, 4) is 0 Å². The number of amides is 2. The van der Waals surface area contributed by atoms with Gasteiger partial charge in [0, 0.05) is 25.7 Å². The Kier molecular flexibility index (Phi) is 7.82. The molecule has 1 unspecified atom stereocenters. The van der Waals surface area contributed by atoms with Gasteiger partial charge in [-0.05, 0) is 44.9 Å². The van der Waals surface area contributed by atoms with Crippen molar-refractivity contribution in [1.82, 2.24) is 15.5 Å². The van der Waals surface area contributed by atoms with Crippen molar-refractivity contribution in [2.45, 2.75) is 83.2 Å². The van der Waals surface area contributed by atoms with E-state index in [1.54, 1.807) is 0 Å². The van der Waals surface area contributed by atoms with Crippen LogP contribution in [-0.4, -0.2) is 53.9 Å². The molecule has 2 aliphatic rings. The summed E-state index contributed by atoms with van der Waals surface area (Å²) < 4.78 is 0. The Balaban J connectivity index is 1.67. The summed E-state index contributed by atoms with van der Waals surface area (Å²) >= 11 is 0. The van der Waals surface area contributed by atoms with E-state index in [4.69, 9.17) is 0 Å². The van der Waals surface area contributed by atoms with Crippen LogP contribution in [0, 0.1) is 5.92 Å². The lowest BCUT2D eigenvalue weighted by molar-refractivity contribution is 0.146. The van der Waals surface area contributed by atoms with Crippen LogP contribution in [0.1, 0.15) is 71.6 Å². The van der Waals surface area contributed by atoms with Gasteiger partial charge in [0.15, 0.2) is 0 Å². The van der Waals surface area contributed by atoms with E-state index in [0.29, 0.717) is 0 Å². The molecule has 5 nitrogen and oxygen atoms in total. The fraction of sp³-hybridized carbons (Fsp3) is 0.947. The Labute approximate surface area is 147 Å². The molecular formula is C19H37N3O2. The Morgan fingerprint density at radius 1 is 1.17 bits per heavy atom. The van der Waals surface area contributed by atoms with Crippen LogP contribution >= 0.6 is 0 Å². The summed E-state index contributed by atoms with van der Waals surface area (Å²) in [7, 11) is 0. The summed E-state index contributed by atoms with van der Waals surface area (Å²) in [4.78, 5) is 14.8. The molecule has 2 rings (SSSR count). The van der Waals surface area contributed by atoms with Gasteiger partial charge in [0.1, 0.15) is 0 Å². The number of carbonyl (C=O) groups excluding carboxylic acids is 1. The number of urea groups is 1. The van der Waals surface area contributed by atoms with E-state index in [9.17, 15) is 9.90 Å². The Morgan fingerprint density at radius 2 is 1.83 bits per heavy atom. The minimum Gasteiger partial charge on any atom is -0.394 e. The van der Waals surface area contributed by atoms with Crippen LogP contribution < -0.4 is 10.6 Å². The number of nitrogens with zero attached hydrogens (tertiary/aromatic N) is 1.